The average Bonchev–Trinajstić information content (AvgIpc) is 3.00. The lowest BCUT2D eigenvalue weighted by atomic mass is 9.98. The van der Waals surface area contributed by atoms with Gasteiger partial charge in [-0.2, -0.15) is 5.26 Å². The summed E-state index contributed by atoms with van der Waals surface area (Å²) >= 11 is 0. The molecule has 2 atom stereocenters. The highest BCUT2D eigenvalue weighted by molar-refractivity contribution is 5.91. The summed E-state index contributed by atoms with van der Waals surface area (Å²) in [4.78, 5) is 44.4. The summed E-state index contributed by atoms with van der Waals surface area (Å²) in [5.41, 5.74) is 2.00. The molecule has 0 saturated carbocycles. The fourth-order valence-corrected chi connectivity index (χ4v) is 5.53. The Balaban J connectivity index is 1.50. The van der Waals surface area contributed by atoms with Crippen LogP contribution in [0.3, 0.4) is 0 Å². The first-order valence-corrected chi connectivity index (χ1v) is 13.8. The first-order valence-electron chi connectivity index (χ1n) is 13.8. The number of hydrogen-bond acceptors (Lipinski definition) is 6. The van der Waals surface area contributed by atoms with Crippen molar-refractivity contribution in [2.45, 2.75) is 31.7 Å². The number of nitriles is 1. The number of phenols is 1. The third kappa shape index (κ3) is 6.34. The van der Waals surface area contributed by atoms with Gasteiger partial charge >= 0.3 is 6.03 Å². The normalized spacial score (nSPS) is 18.7. The second kappa shape index (κ2) is 12.8. The van der Waals surface area contributed by atoms with E-state index in [-0.39, 0.29) is 62.3 Å². The molecule has 10 nitrogen and oxygen atoms in total. The van der Waals surface area contributed by atoms with E-state index in [9.17, 15) is 29.1 Å². The molecule has 4 amide bonds. The highest BCUT2D eigenvalue weighted by Crippen LogP contribution is 2.30. The number of hydrazine groups is 1. The number of aromatic hydroxyl groups is 1. The third-order valence-corrected chi connectivity index (χ3v) is 7.55. The SMILES string of the molecule is C=CCN1CC(=O)N2[C@@H](Cc3ccc(O)cc3)C(=O)N(Cc3ccc(F)c(C#N)c3)C[C@@H]2N1C(=O)NCc1ccccc1. The molecule has 0 aromatic heterocycles. The van der Waals surface area contributed by atoms with E-state index in [0.717, 1.165) is 5.56 Å². The van der Waals surface area contributed by atoms with E-state index >= 15 is 0 Å². The molecule has 2 heterocycles. The number of nitrogens with one attached hydrogen (secondary N) is 1. The van der Waals surface area contributed by atoms with Gasteiger partial charge in [0, 0.05) is 26.1 Å². The molecular formula is C32H31FN6O4. The Hall–Kier alpha value is -5.21. The van der Waals surface area contributed by atoms with Gasteiger partial charge in [0.05, 0.1) is 18.7 Å². The van der Waals surface area contributed by atoms with Crippen molar-refractivity contribution in [2.24, 2.45) is 0 Å². The lowest BCUT2D eigenvalue weighted by Crippen LogP contribution is -2.76. The van der Waals surface area contributed by atoms with Crippen molar-refractivity contribution < 1.29 is 23.9 Å². The number of rotatable bonds is 8. The van der Waals surface area contributed by atoms with Crippen LogP contribution < -0.4 is 5.32 Å². The van der Waals surface area contributed by atoms with Crippen LogP contribution in [0.25, 0.3) is 0 Å². The van der Waals surface area contributed by atoms with Crippen molar-refractivity contribution in [3.05, 3.63) is 114 Å². The number of carbonyl (C=O) groups excluding carboxylic acids is 3. The fraction of sp³-hybridized carbons (Fsp3) is 0.250. The van der Waals surface area contributed by atoms with E-state index in [2.05, 4.69) is 11.9 Å². The van der Waals surface area contributed by atoms with Gasteiger partial charge in [0.2, 0.25) is 11.8 Å². The Morgan fingerprint density at radius 2 is 1.79 bits per heavy atom. The van der Waals surface area contributed by atoms with Crippen LogP contribution in [0.4, 0.5) is 9.18 Å². The minimum Gasteiger partial charge on any atom is -0.508 e. The molecule has 220 valence electrons. The zero-order valence-corrected chi connectivity index (χ0v) is 23.4. The largest absolute Gasteiger partial charge is 0.508 e. The van der Waals surface area contributed by atoms with E-state index in [0.29, 0.717) is 11.1 Å². The van der Waals surface area contributed by atoms with E-state index in [1.807, 2.05) is 36.4 Å². The van der Waals surface area contributed by atoms with Gasteiger partial charge in [-0.05, 0) is 41.0 Å². The summed E-state index contributed by atoms with van der Waals surface area (Å²) in [6.07, 6.45) is 0.890. The van der Waals surface area contributed by atoms with Crippen molar-refractivity contribution in [1.82, 2.24) is 25.1 Å². The monoisotopic (exact) mass is 582 g/mol. The number of nitrogens with zero attached hydrogens (tertiary/aromatic N) is 5. The predicted octanol–water partition coefficient (Wildman–Crippen LogP) is 3.14. The first-order chi connectivity index (χ1) is 20.8. The molecule has 0 aliphatic carbocycles. The van der Waals surface area contributed by atoms with Crippen molar-refractivity contribution in [2.75, 3.05) is 19.6 Å². The quantitative estimate of drug-likeness (QED) is 0.394. The highest BCUT2D eigenvalue weighted by Gasteiger charge is 2.51. The minimum atomic E-state index is -0.956. The molecule has 0 spiro atoms. The van der Waals surface area contributed by atoms with Gasteiger partial charge < -0.3 is 20.2 Å². The Labute approximate surface area is 248 Å². The summed E-state index contributed by atoms with van der Waals surface area (Å²) in [6.45, 7) is 4.16. The molecule has 0 radical (unpaired) electrons. The number of phenolic OH excluding ortho intramolecular Hbond substituents is 1. The number of urea groups is 1. The number of benzene rings is 3. The van der Waals surface area contributed by atoms with E-state index in [4.69, 9.17) is 0 Å². The summed E-state index contributed by atoms with van der Waals surface area (Å²) < 4.78 is 14.0. The molecule has 43 heavy (non-hydrogen) atoms. The van der Waals surface area contributed by atoms with Gasteiger partial charge in [0.15, 0.2) is 0 Å². The van der Waals surface area contributed by atoms with Crippen LogP contribution in [0, 0.1) is 17.1 Å². The molecule has 2 aliphatic rings. The topological polar surface area (TPSA) is 120 Å². The maximum absolute atomic E-state index is 14.0. The molecule has 3 aromatic carbocycles. The van der Waals surface area contributed by atoms with Crippen LogP contribution in [0.1, 0.15) is 22.3 Å². The second-order valence-corrected chi connectivity index (χ2v) is 10.4. The number of fused-ring (bicyclic) bond motifs is 1. The van der Waals surface area contributed by atoms with Crippen LogP contribution in [0.5, 0.6) is 5.75 Å². The number of piperazine rings is 1. The average molecular weight is 583 g/mol. The third-order valence-electron chi connectivity index (χ3n) is 7.55. The number of carbonyl (C=O) groups is 3. The Kier molecular flexibility index (Phi) is 8.69. The van der Waals surface area contributed by atoms with Gasteiger partial charge in [-0.15, -0.1) is 6.58 Å². The number of hydrogen-bond donors (Lipinski definition) is 2. The first kappa shape index (κ1) is 29.3. The van der Waals surface area contributed by atoms with Gasteiger partial charge in [-0.25, -0.2) is 19.2 Å². The number of halogens is 1. The van der Waals surface area contributed by atoms with Crippen molar-refractivity contribution in [3.63, 3.8) is 0 Å². The zero-order valence-electron chi connectivity index (χ0n) is 23.4. The lowest BCUT2D eigenvalue weighted by molar-refractivity contribution is -0.189. The molecular weight excluding hydrogens is 551 g/mol. The smallest absolute Gasteiger partial charge is 0.334 e. The van der Waals surface area contributed by atoms with E-state index in [1.54, 1.807) is 23.2 Å². The summed E-state index contributed by atoms with van der Waals surface area (Å²) in [6, 6.07) is 20.3. The summed E-state index contributed by atoms with van der Waals surface area (Å²) in [5, 5.41) is 25.1. The van der Waals surface area contributed by atoms with Gasteiger partial charge in [-0.1, -0.05) is 54.6 Å². The number of amides is 4. The van der Waals surface area contributed by atoms with Crippen molar-refractivity contribution in [1.29, 1.82) is 5.26 Å². The van der Waals surface area contributed by atoms with Crippen molar-refractivity contribution >= 4 is 17.8 Å². The molecule has 5 rings (SSSR count). The standard InChI is InChI=1S/C32H31FN6O4/c1-2-14-37-21-30(41)38-28(16-22-8-11-26(40)12-9-22)31(42)36(19-24-10-13-27(33)25(15-24)17-34)20-29(38)39(37)32(43)35-18-23-6-4-3-5-7-23/h2-13,15,28-29,40H,1,14,16,18-21H2,(H,35,43)/t28-,29-/m0/s1. The lowest BCUT2D eigenvalue weighted by Gasteiger charge is -2.55. The summed E-state index contributed by atoms with van der Waals surface area (Å²) in [7, 11) is 0. The molecule has 3 aromatic rings. The fourth-order valence-electron chi connectivity index (χ4n) is 5.53. The molecule has 2 N–H and O–H groups in total. The second-order valence-electron chi connectivity index (χ2n) is 10.4. The van der Waals surface area contributed by atoms with Crippen molar-refractivity contribution in [3.8, 4) is 11.8 Å². The summed E-state index contributed by atoms with van der Waals surface area (Å²) in [5.74, 6) is -1.25. The predicted molar refractivity (Wildman–Crippen MR) is 155 cm³/mol. The Morgan fingerprint density at radius 3 is 2.49 bits per heavy atom. The highest BCUT2D eigenvalue weighted by atomic mass is 19.1. The van der Waals surface area contributed by atoms with Crippen LogP contribution in [0.15, 0.2) is 85.5 Å². The van der Waals surface area contributed by atoms with E-state index in [1.165, 1.54) is 45.1 Å². The van der Waals surface area contributed by atoms with Crippen LogP contribution in [0.2, 0.25) is 0 Å². The van der Waals surface area contributed by atoms with Gasteiger partial charge in [0.1, 0.15) is 29.8 Å². The van der Waals surface area contributed by atoms with Gasteiger partial charge in [-0.3, -0.25) is 9.59 Å². The molecule has 0 bridgehead atoms. The van der Waals surface area contributed by atoms with E-state index < -0.39 is 24.1 Å². The minimum absolute atomic E-state index is 0.0116. The Morgan fingerprint density at radius 1 is 1.07 bits per heavy atom. The molecule has 0 unspecified atom stereocenters. The van der Waals surface area contributed by atoms with Gasteiger partial charge in [0.25, 0.3) is 0 Å². The molecule has 11 heteroatoms. The molecule has 2 fully saturated rings. The zero-order chi connectivity index (χ0) is 30.5. The maximum Gasteiger partial charge on any atom is 0.334 e. The van der Waals surface area contributed by atoms with Crippen LogP contribution >= 0.6 is 0 Å². The van der Waals surface area contributed by atoms with Crippen LogP contribution in [-0.4, -0.2) is 74.6 Å². The van der Waals surface area contributed by atoms with Crippen LogP contribution in [-0.2, 0) is 29.1 Å². The molecule has 2 aliphatic heterocycles. The molecule has 2 saturated heterocycles. The Bertz CT molecular complexity index is 1560. The maximum atomic E-state index is 14.0.